The second kappa shape index (κ2) is 9.68. The van der Waals surface area contributed by atoms with Crippen LogP contribution >= 0.6 is 11.3 Å². The summed E-state index contributed by atoms with van der Waals surface area (Å²) in [6, 6.07) is 11.7. The van der Waals surface area contributed by atoms with E-state index < -0.39 is 17.8 Å². The molecule has 1 N–H and O–H groups in total. The lowest BCUT2D eigenvalue weighted by Crippen LogP contribution is -2.32. The van der Waals surface area contributed by atoms with Crippen LogP contribution in [0.1, 0.15) is 28.7 Å². The van der Waals surface area contributed by atoms with Crippen LogP contribution in [-0.4, -0.2) is 27.6 Å². The van der Waals surface area contributed by atoms with Crippen LogP contribution in [0.3, 0.4) is 0 Å². The van der Waals surface area contributed by atoms with Gasteiger partial charge >= 0.3 is 6.18 Å². The summed E-state index contributed by atoms with van der Waals surface area (Å²) in [5, 5.41) is 5.29. The van der Waals surface area contributed by atoms with Gasteiger partial charge in [0.1, 0.15) is 22.6 Å². The van der Waals surface area contributed by atoms with Crippen molar-refractivity contribution in [1.29, 1.82) is 0 Å². The van der Waals surface area contributed by atoms with Crippen LogP contribution in [0.15, 0.2) is 66.3 Å². The molecule has 6 nitrogen and oxygen atoms in total. The predicted molar refractivity (Wildman–Crippen MR) is 122 cm³/mol. The van der Waals surface area contributed by atoms with E-state index in [2.05, 4.69) is 15.3 Å². The Labute approximate surface area is 198 Å². The van der Waals surface area contributed by atoms with E-state index in [1.165, 1.54) is 23.5 Å². The second-order valence-corrected chi connectivity index (χ2v) is 8.43. The monoisotopic (exact) mass is 486 g/mol. The number of carbonyl (C=O) groups excluding carboxylic acids is 1. The van der Waals surface area contributed by atoms with Gasteiger partial charge in [-0.25, -0.2) is 9.97 Å². The summed E-state index contributed by atoms with van der Waals surface area (Å²) in [6.45, 7) is 0. The highest BCUT2D eigenvalue weighted by molar-refractivity contribution is 7.13. The van der Waals surface area contributed by atoms with Crippen molar-refractivity contribution in [1.82, 2.24) is 19.9 Å². The number of nitrogens with one attached hydrogen (secondary N) is 1. The number of hydrogen-bond donors (Lipinski definition) is 1. The Kier molecular flexibility index (Phi) is 6.69. The summed E-state index contributed by atoms with van der Waals surface area (Å²) >= 11 is 1.27. The number of halogens is 3. The van der Waals surface area contributed by atoms with Crippen molar-refractivity contribution in [3.05, 3.63) is 88.9 Å². The summed E-state index contributed by atoms with van der Waals surface area (Å²) in [5.74, 6) is 1.05. The molecule has 0 spiro atoms. The molecule has 0 radical (unpaired) electrons. The Morgan fingerprint density at radius 3 is 2.62 bits per heavy atom. The summed E-state index contributed by atoms with van der Waals surface area (Å²) in [6.07, 6.45) is -0.921. The lowest BCUT2D eigenvalue weighted by Gasteiger charge is -2.19. The highest BCUT2D eigenvalue weighted by Crippen LogP contribution is 2.32. The molecule has 2 heterocycles. The van der Waals surface area contributed by atoms with Crippen LogP contribution in [0, 0.1) is 0 Å². The molecule has 0 bridgehead atoms. The van der Waals surface area contributed by atoms with Crippen molar-refractivity contribution < 1.29 is 22.7 Å². The Morgan fingerprint density at radius 1 is 1.21 bits per heavy atom. The normalized spacial score (nSPS) is 12.4. The minimum absolute atomic E-state index is 0.0159. The number of aryl methyl sites for hydroxylation is 1. The summed E-state index contributed by atoms with van der Waals surface area (Å²) in [4.78, 5) is 21.7. The van der Waals surface area contributed by atoms with Gasteiger partial charge in [-0.2, -0.15) is 13.2 Å². The van der Waals surface area contributed by atoms with Crippen molar-refractivity contribution in [3.8, 4) is 16.3 Å². The zero-order valence-corrected chi connectivity index (χ0v) is 19.2. The zero-order valence-electron chi connectivity index (χ0n) is 18.3. The zero-order chi connectivity index (χ0) is 24.3. The lowest BCUT2D eigenvalue weighted by atomic mass is 10.1. The van der Waals surface area contributed by atoms with E-state index in [0.717, 1.165) is 17.7 Å². The molecule has 2 aromatic carbocycles. The van der Waals surface area contributed by atoms with Crippen molar-refractivity contribution in [3.63, 3.8) is 0 Å². The molecule has 10 heteroatoms. The minimum Gasteiger partial charge on any atom is -0.497 e. The smallest absolute Gasteiger partial charge is 0.416 e. The largest absolute Gasteiger partial charge is 0.497 e. The third kappa shape index (κ3) is 5.28. The molecule has 1 amide bonds. The van der Waals surface area contributed by atoms with Crippen molar-refractivity contribution in [2.24, 2.45) is 7.05 Å². The SMILES string of the molecule is COc1cccc(C(NC(=O)Cc2csc(-c3ccc(C(F)(F)F)cc3)n2)c2nccn2C)c1. The molecule has 2 aromatic heterocycles. The first-order chi connectivity index (χ1) is 16.2. The summed E-state index contributed by atoms with van der Waals surface area (Å²) in [5.41, 5.74) is 1.18. The average molecular weight is 487 g/mol. The van der Waals surface area contributed by atoms with Gasteiger partial charge in [-0.15, -0.1) is 11.3 Å². The van der Waals surface area contributed by atoms with Crippen LogP contribution in [0.4, 0.5) is 13.2 Å². The topological polar surface area (TPSA) is 69.0 Å². The molecule has 4 rings (SSSR count). The summed E-state index contributed by atoms with van der Waals surface area (Å²) < 4.78 is 45.5. The van der Waals surface area contributed by atoms with E-state index in [0.29, 0.717) is 27.8 Å². The number of alkyl halides is 3. The molecule has 0 fully saturated rings. The number of rotatable bonds is 7. The first-order valence-electron chi connectivity index (χ1n) is 10.3. The maximum Gasteiger partial charge on any atom is 0.416 e. The molecule has 1 unspecified atom stereocenters. The molecular weight excluding hydrogens is 465 g/mol. The molecule has 0 aliphatic heterocycles. The van der Waals surface area contributed by atoms with Crippen LogP contribution in [0.5, 0.6) is 5.75 Å². The minimum atomic E-state index is -4.39. The van der Waals surface area contributed by atoms with Crippen molar-refractivity contribution in [2.45, 2.75) is 18.6 Å². The summed E-state index contributed by atoms with van der Waals surface area (Å²) in [7, 11) is 3.42. The number of imidazole rings is 1. The fourth-order valence-electron chi connectivity index (χ4n) is 3.47. The Balaban J connectivity index is 1.50. The molecule has 34 heavy (non-hydrogen) atoms. The number of benzene rings is 2. The lowest BCUT2D eigenvalue weighted by molar-refractivity contribution is -0.137. The third-order valence-electron chi connectivity index (χ3n) is 5.20. The Morgan fingerprint density at radius 2 is 1.97 bits per heavy atom. The number of nitrogens with zero attached hydrogens (tertiary/aromatic N) is 3. The van der Waals surface area contributed by atoms with E-state index >= 15 is 0 Å². The standard InChI is InChI=1S/C24H21F3N4O2S/c1-31-11-10-28-22(31)21(16-4-3-5-19(12-16)33-2)30-20(32)13-18-14-34-23(29-18)15-6-8-17(9-7-15)24(25,26)27/h3-12,14,21H,13H2,1-2H3,(H,30,32). The van der Waals surface area contributed by atoms with Crippen LogP contribution in [0.25, 0.3) is 10.6 Å². The third-order valence-corrected chi connectivity index (χ3v) is 6.14. The van der Waals surface area contributed by atoms with E-state index in [9.17, 15) is 18.0 Å². The molecule has 4 aromatic rings. The molecular formula is C24H21F3N4O2S. The number of ether oxygens (including phenoxy) is 1. The quantitative estimate of drug-likeness (QED) is 0.398. The van der Waals surface area contributed by atoms with Crippen LogP contribution in [0.2, 0.25) is 0 Å². The molecule has 0 saturated heterocycles. The Hall–Kier alpha value is -3.66. The molecule has 1 atom stereocenters. The Bertz CT molecular complexity index is 1280. The number of carbonyl (C=O) groups is 1. The first kappa shape index (κ1) is 23.5. The van der Waals surface area contributed by atoms with E-state index in [-0.39, 0.29) is 12.3 Å². The fourth-order valence-corrected chi connectivity index (χ4v) is 4.30. The van der Waals surface area contributed by atoms with Crippen LogP contribution in [-0.2, 0) is 24.4 Å². The second-order valence-electron chi connectivity index (χ2n) is 7.57. The van der Waals surface area contributed by atoms with Gasteiger partial charge in [-0.05, 0) is 29.8 Å². The predicted octanol–water partition coefficient (Wildman–Crippen LogP) is 5.02. The number of hydrogen-bond acceptors (Lipinski definition) is 5. The highest BCUT2D eigenvalue weighted by atomic mass is 32.1. The number of amides is 1. The fraction of sp³-hybridized carbons (Fsp3) is 0.208. The number of thiazole rings is 1. The number of methoxy groups -OCH3 is 1. The van der Waals surface area contributed by atoms with Gasteiger partial charge in [-0.1, -0.05) is 24.3 Å². The van der Waals surface area contributed by atoms with Crippen molar-refractivity contribution >= 4 is 17.2 Å². The van der Waals surface area contributed by atoms with Gasteiger partial charge in [-0.3, -0.25) is 4.79 Å². The first-order valence-corrected chi connectivity index (χ1v) is 11.1. The van der Waals surface area contributed by atoms with Gasteiger partial charge < -0.3 is 14.6 Å². The van der Waals surface area contributed by atoms with Gasteiger partial charge in [0.2, 0.25) is 5.91 Å². The van der Waals surface area contributed by atoms with Gasteiger partial charge in [0, 0.05) is 30.4 Å². The van der Waals surface area contributed by atoms with Crippen molar-refractivity contribution in [2.75, 3.05) is 7.11 Å². The molecule has 0 aliphatic carbocycles. The highest BCUT2D eigenvalue weighted by Gasteiger charge is 2.30. The molecule has 0 aliphatic rings. The van der Waals surface area contributed by atoms with Gasteiger partial charge in [0.25, 0.3) is 0 Å². The molecule has 0 saturated carbocycles. The van der Waals surface area contributed by atoms with E-state index in [1.807, 2.05) is 35.9 Å². The van der Waals surface area contributed by atoms with E-state index in [4.69, 9.17) is 4.74 Å². The maximum atomic E-state index is 12.9. The van der Waals surface area contributed by atoms with Crippen LogP contribution < -0.4 is 10.1 Å². The maximum absolute atomic E-state index is 12.9. The average Bonchev–Trinajstić information content (AvgIpc) is 3.46. The molecule has 176 valence electrons. The van der Waals surface area contributed by atoms with Gasteiger partial charge in [0.05, 0.1) is 24.8 Å². The van der Waals surface area contributed by atoms with Gasteiger partial charge in [0.15, 0.2) is 0 Å². The number of aromatic nitrogens is 3. The van der Waals surface area contributed by atoms with E-state index in [1.54, 1.807) is 24.9 Å².